The van der Waals surface area contributed by atoms with E-state index in [1.54, 1.807) is 23.9 Å². The van der Waals surface area contributed by atoms with E-state index in [0.717, 1.165) is 10.8 Å². The van der Waals surface area contributed by atoms with Crippen LogP contribution in [-0.4, -0.2) is 32.7 Å². The molecular weight excluding hydrogens is 392 g/mol. The molecule has 4 rings (SSSR count). The van der Waals surface area contributed by atoms with Crippen molar-refractivity contribution in [2.75, 3.05) is 5.32 Å². The van der Waals surface area contributed by atoms with Crippen molar-refractivity contribution >= 4 is 39.4 Å². The number of benzene rings is 2. The zero-order chi connectivity index (χ0) is 22.1. The number of esters is 1. The van der Waals surface area contributed by atoms with Gasteiger partial charge in [0, 0.05) is 17.4 Å². The Hall–Kier alpha value is -3.74. The number of nitrogens with one attached hydrogen (secondary N) is 1. The Balaban J connectivity index is 1.52. The number of hydrogen-bond donors (Lipinski definition) is 1. The van der Waals surface area contributed by atoms with Crippen molar-refractivity contribution in [3.63, 3.8) is 0 Å². The number of ether oxygens (including phenoxy) is 1. The summed E-state index contributed by atoms with van der Waals surface area (Å²) in [6.07, 6.45) is 0.640. The highest BCUT2D eigenvalue weighted by Gasteiger charge is 2.23. The Bertz CT molecular complexity index is 1290. The SMILES string of the molecule is Cc1cc(C(=O)OC(C)C(=O)Nc2ccc3ccccc3c2)c2cnn(C(C)C)c2n1. The largest absolute Gasteiger partial charge is 0.449 e. The number of aromatic nitrogens is 3. The normalized spacial score (nSPS) is 12.3. The van der Waals surface area contributed by atoms with Gasteiger partial charge in [0.1, 0.15) is 0 Å². The van der Waals surface area contributed by atoms with Crippen LogP contribution in [-0.2, 0) is 9.53 Å². The fraction of sp³-hybridized carbons (Fsp3) is 0.250. The lowest BCUT2D eigenvalue weighted by Gasteiger charge is -2.15. The van der Waals surface area contributed by atoms with Gasteiger partial charge in [-0.2, -0.15) is 5.10 Å². The molecule has 0 aliphatic carbocycles. The summed E-state index contributed by atoms with van der Waals surface area (Å²) < 4.78 is 7.23. The Morgan fingerprint density at radius 3 is 2.52 bits per heavy atom. The number of amides is 1. The quantitative estimate of drug-likeness (QED) is 0.478. The molecule has 1 N–H and O–H groups in total. The van der Waals surface area contributed by atoms with E-state index < -0.39 is 18.0 Å². The molecule has 4 aromatic rings. The first-order valence-electron chi connectivity index (χ1n) is 10.2. The van der Waals surface area contributed by atoms with Gasteiger partial charge in [-0.25, -0.2) is 14.5 Å². The molecule has 2 heterocycles. The smallest absolute Gasteiger partial charge is 0.339 e. The second-order valence-electron chi connectivity index (χ2n) is 7.83. The minimum absolute atomic E-state index is 0.0994. The molecule has 0 bridgehead atoms. The molecule has 7 nitrogen and oxygen atoms in total. The predicted octanol–water partition coefficient (Wildman–Crippen LogP) is 4.66. The minimum atomic E-state index is -0.970. The maximum atomic E-state index is 12.9. The third-order valence-electron chi connectivity index (χ3n) is 5.07. The van der Waals surface area contributed by atoms with Crippen molar-refractivity contribution < 1.29 is 14.3 Å². The van der Waals surface area contributed by atoms with Crippen molar-refractivity contribution in [1.29, 1.82) is 0 Å². The number of carbonyl (C=O) groups excluding carboxylic acids is 2. The van der Waals surface area contributed by atoms with Gasteiger partial charge in [0.2, 0.25) is 0 Å². The van der Waals surface area contributed by atoms with Crippen LogP contribution >= 0.6 is 0 Å². The predicted molar refractivity (Wildman–Crippen MR) is 120 cm³/mol. The molecule has 0 fully saturated rings. The molecule has 0 spiro atoms. The Labute approximate surface area is 180 Å². The molecule has 2 aromatic heterocycles. The van der Waals surface area contributed by atoms with Gasteiger partial charge in [0.25, 0.3) is 5.91 Å². The monoisotopic (exact) mass is 416 g/mol. The maximum absolute atomic E-state index is 12.9. The van der Waals surface area contributed by atoms with Crippen LogP contribution in [0.2, 0.25) is 0 Å². The lowest BCUT2D eigenvalue weighted by molar-refractivity contribution is -0.123. The zero-order valence-electron chi connectivity index (χ0n) is 17.9. The summed E-state index contributed by atoms with van der Waals surface area (Å²) in [5.74, 6) is -0.983. The Kier molecular flexibility index (Phi) is 5.42. The van der Waals surface area contributed by atoms with E-state index in [9.17, 15) is 9.59 Å². The molecule has 1 atom stereocenters. The van der Waals surface area contributed by atoms with Gasteiger partial charge in [-0.15, -0.1) is 0 Å². The summed E-state index contributed by atoms with van der Waals surface area (Å²) in [4.78, 5) is 30.0. The summed E-state index contributed by atoms with van der Waals surface area (Å²) in [5.41, 5.74) is 2.29. The van der Waals surface area contributed by atoms with Crippen LogP contribution in [0.25, 0.3) is 21.8 Å². The van der Waals surface area contributed by atoms with E-state index in [2.05, 4.69) is 15.4 Å². The van der Waals surface area contributed by atoms with E-state index in [0.29, 0.717) is 28.0 Å². The third-order valence-corrected chi connectivity index (χ3v) is 5.07. The first kappa shape index (κ1) is 20.5. The number of fused-ring (bicyclic) bond motifs is 2. The van der Waals surface area contributed by atoms with Crippen LogP contribution in [0.5, 0.6) is 0 Å². The summed E-state index contributed by atoms with van der Waals surface area (Å²) in [7, 11) is 0. The minimum Gasteiger partial charge on any atom is -0.449 e. The van der Waals surface area contributed by atoms with Gasteiger partial charge in [0.05, 0.1) is 17.1 Å². The number of aryl methyl sites for hydroxylation is 1. The van der Waals surface area contributed by atoms with Crippen LogP contribution in [0.15, 0.2) is 54.7 Å². The average Bonchev–Trinajstić information content (AvgIpc) is 3.16. The van der Waals surface area contributed by atoms with Gasteiger partial charge in [-0.1, -0.05) is 30.3 Å². The van der Waals surface area contributed by atoms with Crippen molar-refractivity contribution in [1.82, 2.24) is 14.8 Å². The van der Waals surface area contributed by atoms with Crippen molar-refractivity contribution in [3.05, 3.63) is 66.0 Å². The maximum Gasteiger partial charge on any atom is 0.339 e. The van der Waals surface area contributed by atoms with Gasteiger partial charge >= 0.3 is 5.97 Å². The highest BCUT2D eigenvalue weighted by Crippen LogP contribution is 2.23. The van der Waals surface area contributed by atoms with E-state index in [4.69, 9.17) is 4.74 Å². The van der Waals surface area contributed by atoms with E-state index >= 15 is 0 Å². The number of carbonyl (C=O) groups is 2. The van der Waals surface area contributed by atoms with Crippen LogP contribution in [0.3, 0.4) is 0 Å². The lowest BCUT2D eigenvalue weighted by atomic mass is 10.1. The summed E-state index contributed by atoms with van der Waals surface area (Å²) in [6, 6.07) is 15.3. The Morgan fingerprint density at radius 2 is 1.77 bits per heavy atom. The second-order valence-corrected chi connectivity index (χ2v) is 7.83. The van der Waals surface area contributed by atoms with Crippen LogP contribution < -0.4 is 5.32 Å². The number of nitrogens with zero attached hydrogens (tertiary/aromatic N) is 3. The molecule has 0 saturated heterocycles. The van der Waals surface area contributed by atoms with Crippen molar-refractivity contribution in [2.24, 2.45) is 0 Å². The molecular formula is C24H24N4O3. The van der Waals surface area contributed by atoms with E-state index in [1.165, 1.54) is 0 Å². The molecule has 0 saturated carbocycles. The zero-order valence-corrected chi connectivity index (χ0v) is 17.9. The molecule has 0 aliphatic rings. The van der Waals surface area contributed by atoms with E-state index in [-0.39, 0.29) is 6.04 Å². The summed E-state index contributed by atoms with van der Waals surface area (Å²) in [5, 5.41) is 9.86. The molecule has 2 aromatic carbocycles. The van der Waals surface area contributed by atoms with Gasteiger partial charge in [-0.05, 0) is 56.7 Å². The van der Waals surface area contributed by atoms with Crippen LogP contribution in [0.4, 0.5) is 5.69 Å². The highest BCUT2D eigenvalue weighted by atomic mass is 16.5. The summed E-state index contributed by atoms with van der Waals surface area (Å²) in [6.45, 7) is 7.35. The summed E-state index contributed by atoms with van der Waals surface area (Å²) >= 11 is 0. The molecule has 7 heteroatoms. The van der Waals surface area contributed by atoms with Gasteiger partial charge in [0.15, 0.2) is 11.8 Å². The van der Waals surface area contributed by atoms with Crippen molar-refractivity contribution in [3.8, 4) is 0 Å². The molecule has 158 valence electrons. The molecule has 0 radical (unpaired) electrons. The highest BCUT2D eigenvalue weighted by molar-refractivity contribution is 6.04. The second kappa shape index (κ2) is 8.18. The van der Waals surface area contributed by atoms with Crippen LogP contribution in [0, 0.1) is 6.92 Å². The van der Waals surface area contributed by atoms with Crippen LogP contribution in [0.1, 0.15) is 42.9 Å². The first-order valence-corrected chi connectivity index (χ1v) is 10.2. The number of pyridine rings is 1. The molecule has 1 unspecified atom stereocenters. The number of hydrogen-bond acceptors (Lipinski definition) is 5. The number of rotatable bonds is 5. The van der Waals surface area contributed by atoms with Gasteiger partial charge < -0.3 is 10.1 Å². The number of anilines is 1. The third kappa shape index (κ3) is 4.12. The topological polar surface area (TPSA) is 86.1 Å². The lowest BCUT2D eigenvalue weighted by Crippen LogP contribution is -2.30. The van der Waals surface area contributed by atoms with Gasteiger partial charge in [-0.3, -0.25) is 4.79 Å². The Morgan fingerprint density at radius 1 is 1.03 bits per heavy atom. The fourth-order valence-electron chi connectivity index (χ4n) is 3.48. The average molecular weight is 416 g/mol. The first-order chi connectivity index (χ1) is 14.8. The molecule has 1 amide bonds. The van der Waals surface area contributed by atoms with E-state index in [1.807, 2.05) is 63.2 Å². The molecule has 0 aliphatic heterocycles. The standard InChI is InChI=1S/C24H24N4O3/c1-14(2)28-22-21(13-25-28)20(11-15(3)26-22)24(30)31-16(4)23(29)27-19-10-9-17-7-5-6-8-18(17)12-19/h5-14,16H,1-4H3,(H,27,29). The van der Waals surface area contributed by atoms with Crippen molar-refractivity contribution in [2.45, 2.75) is 39.8 Å². The fourth-order valence-corrected chi connectivity index (χ4v) is 3.48. The molecule has 31 heavy (non-hydrogen) atoms.